The first kappa shape index (κ1) is 17.6. The second-order valence-corrected chi connectivity index (χ2v) is 6.14. The maximum absolute atomic E-state index is 12.6. The summed E-state index contributed by atoms with van der Waals surface area (Å²) >= 11 is 5.65. The van der Waals surface area contributed by atoms with Crippen molar-refractivity contribution in [3.05, 3.63) is 0 Å². The Morgan fingerprint density at radius 1 is 1.25 bits per heavy atom. The molecule has 1 fully saturated rings. The molecule has 0 aromatic heterocycles. The van der Waals surface area contributed by atoms with Gasteiger partial charge in [0, 0.05) is 24.4 Å². The Hall–Kier alpha value is -0.450. The molecule has 0 unspecified atom stereocenters. The van der Waals surface area contributed by atoms with E-state index in [0.29, 0.717) is 31.7 Å². The molecule has 0 aliphatic heterocycles. The minimum absolute atomic E-state index is 0.00857. The van der Waals surface area contributed by atoms with Crippen molar-refractivity contribution in [2.45, 2.75) is 58.2 Å². The summed E-state index contributed by atoms with van der Waals surface area (Å²) in [6, 6.07) is 0.0612. The summed E-state index contributed by atoms with van der Waals surface area (Å²) in [5, 5.41) is 0. The van der Waals surface area contributed by atoms with Crippen molar-refractivity contribution in [1.29, 1.82) is 0 Å². The molecule has 0 aromatic carbocycles. The lowest BCUT2D eigenvalue weighted by atomic mass is 9.81. The van der Waals surface area contributed by atoms with Crippen LogP contribution in [0.4, 0.5) is 13.2 Å². The molecule has 1 rings (SSSR count). The zero-order chi connectivity index (χ0) is 15.3. The fourth-order valence-electron chi connectivity index (χ4n) is 2.76. The molecular formula is C14H23ClF3NO. The Morgan fingerprint density at radius 3 is 2.20 bits per heavy atom. The Labute approximate surface area is 123 Å². The van der Waals surface area contributed by atoms with E-state index in [0.717, 1.165) is 0 Å². The van der Waals surface area contributed by atoms with Gasteiger partial charge in [-0.05, 0) is 46.0 Å². The van der Waals surface area contributed by atoms with E-state index in [9.17, 15) is 18.0 Å². The van der Waals surface area contributed by atoms with E-state index >= 15 is 0 Å². The quantitative estimate of drug-likeness (QED) is 0.696. The highest BCUT2D eigenvalue weighted by Crippen LogP contribution is 2.40. The number of carbonyl (C=O) groups is 1. The van der Waals surface area contributed by atoms with Gasteiger partial charge in [-0.1, -0.05) is 0 Å². The molecule has 0 heterocycles. The zero-order valence-corrected chi connectivity index (χ0v) is 12.8. The minimum atomic E-state index is -4.12. The molecule has 1 amide bonds. The second-order valence-electron chi connectivity index (χ2n) is 5.76. The smallest absolute Gasteiger partial charge is 0.340 e. The molecule has 0 spiro atoms. The predicted molar refractivity (Wildman–Crippen MR) is 73.7 cm³/mol. The van der Waals surface area contributed by atoms with E-state index in [1.54, 1.807) is 4.90 Å². The number of hydrogen-bond acceptors (Lipinski definition) is 1. The van der Waals surface area contributed by atoms with Gasteiger partial charge in [0.2, 0.25) is 5.91 Å². The third-order valence-electron chi connectivity index (χ3n) is 3.98. The summed E-state index contributed by atoms with van der Waals surface area (Å²) in [6.07, 6.45) is -2.59. The molecule has 0 N–H and O–H groups in total. The van der Waals surface area contributed by atoms with E-state index < -0.39 is 12.1 Å². The first-order chi connectivity index (χ1) is 9.27. The molecule has 0 saturated heterocycles. The van der Waals surface area contributed by atoms with Gasteiger partial charge in [0.15, 0.2) is 0 Å². The number of nitrogens with zero attached hydrogens (tertiary/aromatic N) is 1. The van der Waals surface area contributed by atoms with Crippen LogP contribution in [-0.4, -0.2) is 35.4 Å². The maximum Gasteiger partial charge on any atom is 0.391 e. The summed E-state index contributed by atoms with van der Waals surface area (Å²) in [5.74, 6) is -1.02. The van der Waals surface area contributed by atoms with Gasteiger partial charge in [0.1, 0.15) is 0 Å². The number of halogens is 4. The molecule has 0 radical (unpaired) electrons. The van der Waals surface area contributed by atoms with Gasteiger partial charge in [0.25, 0.3) is 0 Å². The summed E-state index contributed by atoms with van der Waals surface area (Å²) in [5.41, 5.74) is 0. The average Bonchev–Trinajstić information content (AvgIpc) is 2.37. The van der Waals surface area contributed by atoms with Crippen LogP contribution in [0, 0.1) is 11.8 Å². The lowest BCUT2D eigenvalue weighted by molar-refractivity contribution is -0.185. The maximum atomic E-state index is 12.6. The van der Waals surface area contributed by atoms with Gasteiger partial charge in [0.05, 0.1) is 5.92 Å². The number of alkyl halides is 4. The van der Waals surface area contributed by atoms with Gasteiger partial charge in [-0.2, -0.15) is 13.2 Å². The highest BCUT2D eigenvalue weighted by molar-refractivity contribution is 6.17. The van der Waals surface area contributed by atoms with Gasteiger partial charge in [-0.25, -0.2) is 0 Å². The first-order valence-corrected chi connectivity index (χ1v) is 7.74. The van der Waals surface area contributed by atoms with Crippen molar-refractivity contribution in [2.24, 2.45) is 11.8 Å². The number of amides is 1. The molecule has 2 nitrogen and oxygen atoms in total. The first-order valence-electron chi connectivity index (χ1n) is 7.20. The van der Waals surface area contributed by atoms with E-state index in [2.05, 4.69) is 0 Å². The van der Waals surface area contributed by atoms with Gasteiger partial charge < -0.3 is 4.90 Å². The molecule has 1 aliphatic carbocycles. The summed E-state index contributed by atoms with van der Waals surface area (Å²) in [6.45, 7) is 4.43. The van der Waals surface area contributed by atoms with E-state index in [4.69, 9.17) is 11.6 Å². The average molecular weight is 314 g/mol. The summed E-state index contributed by atoms with van der Waals surface area (Å²) < 4.78 is 37.8. The molecule has 0 aromatic rings. The predicted octanol–water partition coefficient (Wildman–Crippen LogP) is 4.22. The largest absolute Gasteiger partial charge is 0.391 e. The lowest BCUT2D eigenvalue weighted by Crippen LogP contribution is -2.43. The van der Waals surface area contributed by atoms with Crippen LogP contribution in [0.15, 0.2) is 0 Å². The van der Waals surface area contributed by atoms with Gasteiger partial charge >= 0.3 is 6.18 Å². The van der Waals surface area contributed by atoms with Crippen LogP contribution in [0.2, 0.25) is 0 Å². The Morgan fingerprint density at radius 2 is 1.80 bits per heavy atom. The van der Waals surface area contributed by atoms with Crippen molar-refractivity contribution in [2.75, 3.05) is 12.4 Å². The molecule has 1 saturated carbocycles. The molecule has 1 aliphatic rings. The van der Waals surface area contributed by atoms with Crippen LogP contribution >= 0.6 is 11.6 Å². The van der Waals surface area contributed by atoms with Crippen LogP contribution in [0.3, 0.4) is 0 Å². The van der Waals surface area contributed by atoms with E-state index in [1.165, 1.54) is 0 Å². The monoisotopic (exact) mass is 313 g/mol. The topological polar surface area (TPSA) is 20.3 Å². The second kappa shape index (κ2) is 7.53. The highest BCUT2D eigenvalue weighted by atomic mass is 35.5. The van der Waals surface area contributed by atoms with Crippen molar-refractivity contribution in [3.63, 3.8) is 0 Å². The third-order valence-corrected chi connectivity index (χ3v) is 4.25. The molecular weight excluding hydrogens is 291 g/mol. The van der Waals surface area contributed by atoms with E-state index in [-0.39, 0.29) is 30.7 Å². The van der Waals surface area contributed by atoms with Crippen molar-refractivity contribution in [3.8, 4) is 0 Å². The zero-order valence-electron chi connectivity index (χ0n) is 12.0. The van der Waals surface area contributed by atoms with Crippen LogP contribution < -0.4 is 0 Å². The Balaban J connectivity index is 2.56. The Kier molecular flexibility index (Phi) is 6.62. The molecule has 0 bridgehead atoms. The summed E-state index contributed by atoms with van der Waals surface area (Å²) in [4.78, 5) is 14.2. The summed E-state index contributed by atoms with van der Waals surface area (Å²) in [7, 11) is 0. The van der Waals surface area contributed by atoms with Crippen LogP contribution in [-0.2, 0) is 4.79 Å². The SMILES string of the molecule is CC(C)N(CCCCl)C(=O)C1CCC(C(F)(F)F)CC1. The normalized spacial score (nSPS) is 23.9. The minimum Gasteiger partial charge on any atom is -0.340 e. The fourth-order valence-corrected chi connectivity index (χ4v) is 2.87. The van der Waals surface area contributed by atoms with Gasteiger partial charge in [-0.15, -0.1) is 11.6 Å². The molecule has 118 valence electrons. The van der Waals surface area contributed by atoms with Crippen molar-refractivity contribution < 1.29 is 18.0 Å². The van der Waals surface area contributed by atoms with Crippen LogP contribution in [0.25, 0.3) is 0 Å². The molecule has 20 heavy (non-hydrogen) atoms. The highest BCUT2D eigenvalue weighted by Gasteiger charge is 2.43. The molecule has 6 heteroatoms. The van der Waals surface area contributed by atoms with Crippen molar-refractivity contribution >= 4 is 17.5 Å². The Bertz CT molecular complexity index is 312. The van der Waals surface area contributed by atoms with Gasteiger partial charge in [-0.3, -0.25) is 4.79 Å². The molecule has 0 atom stereocenters. The number of rotatable bonds is 5. The third kappa shape index (κ3) is 4.83. The van der Waals surface area contributed by atoms with Crippen LogP contribution in [0.1, 0.15) is 46.0 Å². The standard InChI is InChI=1S/C14H23ClF3NO/c1-10(2)19(9-3-8-15)13(20)11-4-6-12(7-5-11)14(16,17)18/h10-12H,3-9H2,1-2H3. The number of carbonyl (C=O) groups excluding carboxylic acids is 1. The fraction of sp³-hybridized carbons (Fsp3) is 0.929. The lowest BCUT2D eigenvalue weighted by Gasteiger charge is -2.34. The van der Waals surface area contributed by atoms with Crippen molar-refractivity contribution in [1.82, 2.24) is 4.90 Å². The van der Waals surface area contributed by atoms with Crippen LogP contribution in [0.5, 0.6) is 0 Å². The van der Waals surface area contributed by atoms with E-state index in [1.807, 2.05) is 13.8 Å². The number of hydrogen-bond donors (Lipinski definition) is 0.